The quantitative estimate of drug-likeness (QED) is 0.819. The van der Waals surface area contributed by atoms with Gasteiger partial charge in [0.1, 0.15) is 11.6 Å². The van der Waals surface area contributed by atoms with Crippen molar-refractivity contribution in [2.24, 2.45) is 0 Å². The topological polar surface area (TPSA) is 42.2 Å². The monoisotopic (exact) mass is 263 g/mol. The summed E-state index contributed by atoms with van der Waals surface area (Å²) < 4.78 is 24.2. The van der Waals surface area contributed by atoms with E-state index in [-0.39, 0.29) is 18.0 Å². The summed E-state index contributed by atoms with van der Waals surface area (Å²) in [5.41, 5.74) is 0.870. The largest absolute Gasteiger partial charge is 0.496 e. The molecule has 1 fully saturated rings. The zero-order valence-corrected chi connectivity index (χ0v) is 11.1. The highest BCUT2D eigenvalue weighted by Crippen LogP contribution is 2.27. The molecule has 0 unspecified atom stereocenters. The highest BCUT2D eigenvalue weighted by Gasteiger charge is 2.24. The maximum absolute atomic E-state index is 13.2. The molecule has 0 aromatic heterocycles. The van der Waals surface area contributed by atoms with E-state index in [9.17, 15) is 4.39 Å². The molecule has 0 bridgehead atoms. The van der Waals surface area contributed by atoms with Crippen LogP contribution in [0.2, 0.25) is 0 Å². The van der Waals surface area contributed by atoms with Crippen molar-refractivity contribution < 1.29 is 13.9 Å². The average molecular weight is 263 g/mol. The van der Waals surface area contributed by atoms with Gasteiger partial charge in [-0.2, -0.15) is 5.26 Å². The van der Waals surface area contributed by atoms with Gasteiger partial charge in [-0.3, -0.25) is 0 Å². The van der Waals surface area contributed by atoms with E-state index < -0.39 is 0 Å². The first-order chi connectivity index (χ1) is 9.22. The number of rotatable bonds is 5. The fraction of sp³-hybridized carbons (Fsp3) is 0.533. The molecule has 0 N–H and O–H groups in total. The van der Waals surface area contributed by atoms with Gasteiger partial charge in [0, 0.05) is 0 Å². The van der Waals surface area contributed by atoms with E-state index in [0.717, 1.165) is 31.2 Å². The zero-order valence-electron chi connectivity index (χ0n) is 11.1. The molecule has 1 saturated heterocycles. The summed E-state index contributed by atoms with van der Waals surface area (Å²) in [6.07, 6.45) is 4.19. The van der Waals surface area contributed by atoms with E-state index in [0.29, 0.717) is 12.2 Å². The van der Waals surface area contributed by atoms with Crippen LogP contribution in [0.15, 0.2) is 18.2 Å². The van der Waals surface area contributed by atoms with Crippen LogP contribution >= 0.6 is 0 Å². The Labute approximate surface area is 112 Å². The van der Waals surface area contributed by atoms with E-state index in [1.165, 1.54) is 12.1 Å². The summed E-state index contributed by atoms with van der Waals surface area (Å²) in [7, 11) is 1.59. The molecule has 1 aliphatic rings. The number of halogens is 1. The Morgan fingerprint density at radius 3 is 2.95 bits per heavy atom. The molecule has 3 nitrogen and oxygen atoms in total. The Balaban J connectivity index is 1.89. The van der Waals surface area contributed by atoms with Crippen molar-refractivity contribution in [2.75, 3.05) is 7.11 Å². The van der Waals surface area contributed by atoms with Gasteiger partial charge < -0.3 is 9.47 Å². The van der Waals surface area contributed by atoms with Gasteiger partial charge in [0.05, 0.1) is 31.8 Å². The molecule has 1 aromatic carbocycles. The van der Waals surface area contributed by atoms with E-state index in [1.54, 1.807) is 13.2 Å². The third kappa shape index (κ3) is 3.68. The molecule has 0 spiro atoms. The molecule has 2 atom stereocenters. The van der Waals surface area contributed by atoms with Crippen molar-refractivity contribution in [2.45, 2.75) is 44.3 Å². The van der Waals surface area contributed by atoms with Gasteiger partial charge in [-0.25, -0.2) is 4.39 Å². The normalized spacial score (nSPS) is 22.2. The number of nitrogens with zero attached hydrogens (tertiary/aromatic N) is 1. The van der Waals surface area contributed by atoms with Gasteiger partial charge in [-0.1, -0.05) is 0 Å². The lowest BCUT2D eigenvalue weighted by Gasteiger charge is -2.13. The lowest BCUT2D eigenvalue weighted by molar-refractivity contribution is 0.0435. The average Bonchev–Trinajstić information content (AvgIpc) is 2.85. The predicted octanol–water partition coefficient (Wildman–Crippen LogP) is 3.23. The Morgan fingerprint density at radius 2 is 2.21 bits per heavy atom. The first kappa shape index (κ1) is 13.8. The zero-order chi connectivity index (χ0) is 13.7. The van der Waals surface area contributed by atoms with Crippen LogP contribution in [-0.4, -0.2) is 19.3 Å². The van der Waals surface area contributed by atoms with Crippen LogP contribution in [0.5, 0.6) is 5.75 Å². The van der Waals surface area contributed by atoms with Crippen LogP contribution in [0.1, 0.15) is 31.2 Å². The van der Waals surface area contributed by atoms with Crippen molar-refractivity contribution in [3.05, 3.63) is 29.6 Å². The second-order valence-corrected chi connectivity index (χ2v) is 4.81. The maximum Gasteiger partial charge on any atom is 0.123 e. The van der Waals surface area contributed by atoms with Crippen molar-refractivity contribution in [3.8, 4) is 11.8 Å². The summed E-state index contributed by atoms with van der Waals surface area (Å²) >= 11 is 0. The van der Waals surface area contributed by atoms with Crippen LogP contribution < -0.4 is 4.74 Å². The fourth-order valence-corrected chi connectivity index (χ4v) is 2.50. The Kier molecular flexibility index (Phi) is 4.75. The van der Waals surface area contributed by atoms with Gasteiger partial charge in [-0.15, -0.1) is 0 Å². The molecule has 1 aliphatic heterocycles. The summed E-state index contributed by atoms with van der Waals surface area (Å²) in [4.78, 5) is 0. The molecular weight excluding hydrogens is 245 g/mol. The Bertz CT molecular complexity index is 470. The molecular formula is C15H18FNO2. The minimum Gasteiger partial charge on any atom is -0.496 e. The van der Waals surface area contributed by atoms with Crippen LogP contribution in [-0.2, 0) is 11.2 Å². The van der Waals surface area contributed by atoms with Crippen molar-refractivity contribution in [3.63, 3.8) is 0 Å². The van der Waals surface area contributed by atoms with E-state index in [1.807, 2.05) is 0 Å². The van der Waals surface area contributed by atoms with Crippen molar-refractivity contribution >= 4 is 0 Å². The molecule has 0 saturated carbocycles. The van der Waals surface area contributed by atoms with E-state index >= 15 is 0 Å². The first-order valence-electron chi connectivity index (χ1n) is 6.57. The van der Waals surface area contributed by atoms with Crippen LogP contribution in [0.3, 0.4) is 0 Å². The molecule has 19 heavy (non-hydrogen) atoms. The summed E-state index contributed by atoms with van der Waals surface area (Å²) in [6.45, 7) is 0. The highest BCUT2D eigenvalue weighted by molar-refractivity contribution is 5.34. The first-order valence-corrected chi connectivity index (χ1v) is 6.57. The molecule has 2 rings (SSSR count). The SMILES string of the molecule is COc1ccc(F)cc1CC[C@@H]1CC[C@@H](CC#N)O1. The van der Waals surface area contributed by atoms with Crippen LogP contribution in [0.25, 0.3) is 0 Å². The third-order valence-electron chi connectivity index (χ3n) is 3.49. The Hall–Kier alpha value is -1.60. The Morgan fingerprint density at radius 1 is 1.42 bits per heavy atom. The number of benzene rings is 1. The van der Waals surface area contributed by atoms with E-state index in [4.69, 9.17) is 14.7 Å². The second-order valence-electron chi connectivity index (χ2n) is 4.81. The number of methoxy groups -OCH3 is 1. The smallest absolute Gasteiger partial charge is 0.123 e. The lowest BCUT2D eigenvalue weighted by Crippen LogP contribution is -2.11. The summed E-state index contributed by atoms with van der Waals surface area (Å²) in [5.74, 6) is 0.471. The van der Waals surface area contributed by atoms with Gasteiger partial charge in [-0.05, 0) is 49.4 Å². The number of nitriles is 1. The number of hydrogen-bond acceptors (Lipinski definition) is 3. The maximum atomic E-state index is 13.2. The van der Waals surface area contributed by atoms with Crippen molar-refractivity contribution in [1.29, 1.82) is 5.26 Å². The molecule has 1 aromatic rings. The highest BCUT2D eigenvalue weighted by atomic mass is 19.1. The summed E-state index contributed by atoms with van der Waals surface area (Å²) in [6, 6.07) is 6.70. The van der Waals surface area contributed by atoms with Crippen LogP contribution in [0, 0.1) is 17.1 Å². The number of ether oxygens (including phenoxy) is 2. The minimum atomic E-state index is -0.245. The van der Waals surface area contributed by atoms with Crippen molar-refractivity contribution in [1.82, 2.24) is 0 Å². The summed E-state index contributed by atoms with van der Waals surface area (Å²) in [5, 5.41) is 8.63. The number of aryl methyl sites for hydroxylation is 1. The van der Waals surface area contributed by atoms with Gasteiger partial charge in [0.25, 0.3) is 0 Å². The third-order valence-corrected chi connectivity index (χ3v) is 3.49. The lowest BCUT2D eigenvalue weighted by atomic mass is 10.0. The second kappa shape index (κ2) is 6.53. The standard InChI is InChI=1S/C15H18FNO2/c1-18-15-7-3-12(16)10-11(15)2-4-13-5-6-14(19-13)8-9-17/h3,7,10,13-14H,2,4-6,8H2,1H3/t13-,14+/m1/s1. The molecule has 4 heteroatoms. The minimum absolute atomic E-state index is 0.0735. The molecule has 102 valence electrons. The molecule has 1 heterocycles. The van der Waals surface area contributed by atoms with Crippen LogP contribution in [0.4, 0.5) is 4.39 Å². The predicted molar refractivity (Wildman–Crippen MR) is 69.4 cm³/mol. The fourth-order valence-electron chi connectivity index (χ4n) is 2.50. The molecule has 0 radical (unpaired) electrons. The molecule has 0 amide bonds. The van der Waals surface area contributed by atoms with E-state index in [2.05, 4.69) is 6.07 Å². The molecule has 0 aliphatic carbocycles. The van der Waals surface area contributed by atoms with Gasteiger partial charge in [0.15, 0.2) is 0 Å². The number of hydrogen-bond donors (Lipinski definition) is 0. The van der Waals surface area contributed by atoms with Gasteiger partial charge in [0.2, 0.25) is 0 Å². The van der Waals surface area contributed by atoms with Gasteiger partial charge >= 0.3 is 0 Å².